The highest BCUT2D eigenvalue weighted by Gasteiger charge is 2.45. The Morgan fingerprint density at radius 2 is 2.00 bits per heavy atom. The van der Waals surface area contributed by atoms with Crippen LogP contribution in [0.15, 0.2) is 0 Å². The first kappa shape index (κ1) is 16.3. The molecule has 1 aliphatic heterocycles. The van der Waals surface area contributed by atoms with E-state index in [9.17, 15) is 0 Å². The predicted octanol–water partition coefficient (Wildman–Crippen LogP) is 3.38. The fourth-order valence-electron chi connectivity index (χ4n) is 3.98. The van der Waals surface area contributed by atoms with Crippen LogP contribution in [0.2, 0.25) is 0 Å². The smallest absolute Gasteiger partial charge is 0.0838 e. The summed E-state index contributed by atoms with van der Waals surface area (Å²) in [5.74, 6) is 1.48. The largest absolute Gasteiger partial charge is 0.381 e. The molecule has 118 valence electrons. The zero-order valence-electron chi connectivity index (χ0n) is 13.6. The molecule has 0 aromatic heterocycles. The third kappa shape index (κ3) is 3.75. The number of rotatable bonds is 7. The fraction of sp³-hybridized carbons (Fsp3) is 1.00. The molecule has 0 amide bonds. The lowest BCUT2D eigenvalue weighted by Gasteiger charge is -2.47. The second-order valence-corrected chi connectivity index (χ2v) is 6.74. The molecular weight excluding hydrogens is 250 g/mol. The molecule has 0 radical (unpaired) electrons. The summed E-state index contributed by atoms with van der Waals surface area (Å²) in [4.78, 5) is 0. The van der Waals surface area contributed by atoms with Crippen molar-refractivity contribution in [3.8, 4) is 0 Å². The van der Waals surface area contributed by atoms with E-state index in [-0.39, 0.29) is 5.60 Å². The van der Waals surface area contributed by atoms with Crippen LogP contribution in [0.3, 0.4) is 0 Å². The number of ether oxygens (including phenoxy) is 2. The topological polar surface area (TPSA) is 30.5 Å². The molecule has 0 aromatic rings. The summed E-state index contributed by atoms with van der Waals surface area (Å²) < 4.78 is 12.0. The minimum atomic E-state index is 0.0504. The molecule has 3 heteroatoms. The van der Waals surface area contributed by atoms with E-state index in [1.165, 1.54) is 38.5 Å². The van der Waals surface area contributed by atoms with E-state index in [1.807, 2.05) is 0 Å². The first-order chi connectivity index (χ1) is 9.72. The van der Waals surface area contributed by atoms with Crippen LogP contribution in [0.1, 0.15) is 59.3 Å². The van der Waals surface area contributed by atoms with Crippen LogP contribution in [-0.2, 0) is 9.47 Å². The Balaban J connectivity index is 2.11. The van der Waals surface area contributed by atoms with Gasteiger partial charge in [-0.25, -0.2) is 0 Å². The summed E-state index contributed by atoms with van der Waals surface area (Å²) in [5.41, 5.74) is 0.0504. The summed E-state index contributed by atoms with van der Waals surface area (Å²) in [7, 11) is 0. The van der Waals surface area contributed by atoms with Gasteiger partial charge in [-0.3, -0.25) is 0 Å². The maximum atomic E-state index is 6.37. The fourth-order valence-corrected chi connectivity index (χ4v) is 3.98. The van der Waals surface area contributed by atoms with Crippen molar-refractivity contribution in [2.45, 2.75) is 70.9 Å². The van der Waals surface area contributed by atoms with E-state index in [1.54, 1.807) is 0 Å². The van der Waals surface area contributed by atoms with Crippen LogP contribution in [0.4, 0.5) is 0 Å². The third-order valence-corrected chi connectivity index (χ3v) is 5.17. The second kappa shape index (κ2) is 7.77. The molecule has 0 bridgehead atoms. The van der Waals surface area contributed by atoms with Crippen molar-refractivity contribution in [1.29, 1.82) is 0 Å². The van der Waals surface area contributed by atoms with Crippen LogP contribution in [0.25, 0.3) is 0 Å². The molecular formula is C17H33NO2. The summed E-state index contributed by atoms with van der Waals surface area (Å²) >= 11 is 0. The minimum absolute atomic E-state index is 0.0504. The number of hydrogen-bond donors (Lipinski definition) is 1. The zero-order chi connectivity index (χ0) is 14.4. The van der Waals surface area contributed by atoms with Crippen molar-refractivity contribution in [3.05, 3.63) is 0 Å². The van der Waals surface area contributed by atoms with Gasteiger partial charge in [-0.1, -0.05) is 13.8 Å². The first-order valence-electron chi connectivity index (χ1n) is 8.67. The number of nitrogens with one attached hydrogen (secondary N) is 1. The van der Waals surface area contributed by atoms with Crippen LogP contribution in [-0.4, -0.2) is 38.0 Å². The number of hydrogen-bond acceptors (Lipinski definition) is 3. The van der Waals surface area contributed by atoms with E-state index >= 15 is 0 Å². The molecule has 1 saturated heterocycles. The van der Waals surface area contributed by atoms with Gasteiger partial charge in [0.15, 0.2) is 0 Å². The monoisotopic (exact) mass is 283 g/mol. The zero-order valence-corrected chi connectivity index (χ0v) is 13.6. The average Bonchev–Trinajstić information content (AvgIpc) is 2.97. The highest BCUT2D eigenvalue weighted by atomic mass is 16.5. The summed E-state index contributed by atoms with van der Waals surface area (Å²) in [6.07, 6.45) is 7.39. The van der Waals surface area contributed by atoms with Crippen LogP contribution in [0, 0.1) is 11.8 Å². The maximum Gasteiger partial charge on any atom is 0.0838 e. The Morgan fingerprint density at radius 1 is 1.25 bits per heavy atom. The van der Waals surface area contributed by atoms with E-state index in [0.29, 0.717) is 12.0 Å². The molecule has 2 aliphatic rings. The summed E-state index contributed by atoms with van der Waals surface area (Å²) in [5, 5.41) is 3.82. The summed E-state index contributed by atoms with van der Waals surface area (Å²) in [6.45, 7) is 10.5. The Morgan fingerprint density at radius 3 is 2.55 bits per heavy atom. The third-order valence-electron chi connectivity index (χ3n) is 5.17. The molecule has 0 spiro atoms. The Bertz CT molecular complexity index is 268. The predicted molar refractivity (Wildman–Crippen MR) is 83.0 cm³/mol. The van der Waals surface area contributed by atoms with Crippen molar-refractivity contribution >= 4 is 0 Å². The van der Waals surface area contributed by atoms with Gasteiger partial charge < -0.3 is 14.8 Å². The standard InChI is InChI=1S/C17H33NO2/c1-4-11-18-16(15-8-12-19-13-15)17(20-5-2)9-6-14(3)7-10-17/h14-16,18H,4-13H2,1-3H3. The Kier molecular flexibility index (Phi) is 6.31. The van der Waals surface area contributed by atoms with E-state index < -0.39 is 0 Å². The molecule has 3 nitrogen and oxygen atoms in total. The van der Waals surface area contributed by atoms with E-state index in [4.69, 9.17) is 9.47 Å². The molecule has 20 heavy (non-hydrogen) atoms. The highest BCUT2D eigenvalue weighted by molar-refractivity contribution is 5.00. The van der Waals surface area contributed by atoms with Crippen LogP contribution >= 0.6 is 0 Å². The van der Waals surface area contributed by atoms with Crippen LogP contribution < -0.4 is 5.32 Å². The average molecular weight is 283 g/mol. The lowest BCUT2D eigenvalue weighted by Crippen LogP contribution is -2.58. The molecule has 2 atom stereocenters. The van der Waals surface area contributed by atoms with Gasteiger partial charge in [0.25, 0.3) is 0 Å². The van der Waals surface area contributed by atoms with Crippen molar-refractivity contribution < 1.29 is 9.47 Å². The van der Waals surface area contributed by atoms with Gasteiger partial charge in [0.05, 0.1) is 12.2 Å². The molecule has 0 aromatic carbocycles. The molecule has 2 rings (SSSR count). The molecule has 2 fully saturated rings. The second-order valence-electron chi connectivity index (χ2n) is 6.74. The normalized spacial score (nSPS) is 36.1. The molecule has 1 aliphatic carbocycles. The first-order valence-corrected chi connectivity index (χ1v) is 8.67. The van der Waals surface area contributed by atoms with E-state index in [2.05, 4.69) is 26.1 Å². The van der Waals surface area contributed by atoms with Crippen molar-refractivity contribution in [2.24, 2.45) is 11.8 Å². The van der Waals surface area contributed by atoms with Gasteiger partial charge in [0.1, 0.15) is 0 Å². The van der Waals surface area contributed by atoms with Crippen molar-refractivity contribution in [2.75, 3.05) is 26.4 Å². The van der Waals surface area contributed by atoms with Gasteiger partial charge in [-0.05, 0) is 57.9 Å². The van der Waals surface area contributed by atoms with Crippen molar-refractivity contribution in [3.63, 3.8) is 0 Å². The highest BCUT2D eigenvalue weighted by Crippen LogP contribution is 2.41. The van der Waals surface area contributed by atoms with Gasteiger partial charge in [-0.15, -0.1) is 0 Å². The lowest BCUT2D eigenvalue weighted by molar-refractivity contribution is -0.108. The Hall–Kier alpha value is -0.120. The van der Waals surface area contributed by atoms with Gasteiger partial charge in [-0.2, -0.15) is 0 Å². The quantitative estimate of drug-likeness (QED) is 0.777. The molecule has 2 unspecified atom stereocenters. The van der Waals surface area contributed by atoms with E-state index in [0.717, 1.165) is 32.3 Å². The van der Waals surface area contributed by atoms with Gasteiger partial charge >= 0.3 is 0 Å². The molecule has 1 heterocycles. The van der Waals surface area contributed by atoms with Gasteiger partial charge in [0, 0.05) is 25.2 Å². The Labute approximate surface area is 124 Å². The SMILES string of the molecule is CCCNC(C1CCOC1)C1(OCC)CCC(C)CC1. The van der Waals surface area contributed by atoms with Crippen molar-refractivity contribution in [1.82, 2.24) is 5.32 Å². The molecule has 1 saturated carbocycles. The summed E-state index contributed by atoms with van der Waals surface area (Å²) in [6, 6.07) is 0.470. The maximum absolute atomic E-state index is 6.37. The molecule has 1 N–H and O–H groups in total. The lowest BCUT2D eigenvalue weighted by atomic mass is 9.71. The van der Waals surface area contributed by atoms with Gasteiger partial charge in [0.2, 0.25) is 0 Å². The minimum Gasteiger partial charge on any atom is -0.381 e. The van der Waals surface area contributed by atoms with Crippen LogP contribution in [0.5, 0.6) is 0 Å².